The number of fused-ring (bicyclic) bond motifs is 1. The lowest BCUT2D eigenvalue weighted by atomic mass is 10.2. The molecule has 0 radical (unpaired) electrons. The van der Waals surface area contributed by atoms with Gasteiger partial charge in [-0.2, -0.15) is 4.98 Å². The van der Waals surface area contributed by atoms with Gasteiger partial charge in [0.2, 0.25) is 5.95 Å². The first-order chi connectivity index (χ1) is 16.8. The van der Waals surface area contributed by atoms with Gasteiger partial charge in [0.1, 0.15) is 0 Å². The summed E-state index contributed by atoms with van der Waals surface area (Å²) in [5, 5.41) is 11.1. The maximum atomic E-state index is 12.4. The first kappa shape index (κ1) is 23.1. The van der Waals surface area contributed by atoms with E-state index in [1.165, 1.54) is 11.9 Å². The van der Waals surface area contributed by atoms with E-state index in [2.05, 4.69) is 49.7 Å². The summed E-state index contributed by atoms with van der Waals surface area (Å²) in [6.45, 7) is 5.96. The van der Waals surface area contributed by atoms with Gasteiger partial charge in [-0.25, -0.2) is 12.9 Å². The zero-order valence-electron chi connectivity index (χ0n) is 20.1. The number of sulfone groups is 1. The fraction of sp³-hybridized carbons (Fsp3) is 0.280. The lowest BCUT2D eigenvalue weighted by molar-refractivity contribution is 0.313. The topological polar surface area (TPSA) is 94.9 Å². The van der Waals surface area contributed by atoms with Crippen molar-refractivity contribution >= 4 is 44.2 Å². The van der Waals surface area contributed by atoms with Crippen LogP contribution >= 0.6 is 0 Å². The second kappa shape index (κ2) is 9.20. The van der Waals surface area contributed by atoms with Crippen molar-refractivity contribution in [1.29, 1.82) is 0 Å². The molecule has 0 amide bonds. The van der Waals surface area contributed by atoms with Crippen LogP contribution in [0.15, 0.2) is 65.7 Å². The molecule has 0 unspecified atom stereocenters. The Balaban J connectivity index is 1.38. The number of nitrogens with zero attached hydrogens (tertiary/aromatic N) is 5. The van der Waals surface area contributed by atoms with Gasteiger partial charge >= 0.3 is 0 Å². The number of aryl methyl sites for hydroxylation is 1. The maximum absolute atomic E-state index is 12.4. The summed E-state index contributed by atoms with van der Waals surface area (Å²) in [4.78, 5) is 9.66. The molecule has 5 rings (SSSR count). The van der Waals surface area contributed by atoms with E-state index in [1.807, 2.05) is 36.5 Å². The molecule has 182 valence electrons. The second-order valence-electron chi connectivity index (χ2n) is 8.94. The van der Waals surface area contributed by atoms with E-state index in [9.17, 15) is 8.42 Å². The first-order valence-electron chi connectivity index (χ1n) is 11.5. The molecule has 1 fully saturated rings. The van der Waals surface area contributed by atoms with Crippen LogP contribution < -0.4 is 15.5 Å². The number of piperazine rings is 1. The molecule has 0 spiro atoms. The van der Waals surface area contributed by atoms with Crippen LogP contribution in [0.1, 0.15) is 5.56 Å². The third-order valence-corrected chi connectivity index (χ3v) is 7.49. The highest BCUT2D eigenvalue weighted by Crippen LogP contribution is 2.30. The molecule has 0 saturated carbocycles. The minimum Gasteiger partial charge on any atom is -0.369 e. The Hall–Kier alpha value is -3.63. The summed E-state index contributed by atoms with van der Waals surface area (Å²) in [6, 6.07) is 17.4. The van der Waals surface area contributed by atoms with E-state index in [0.717, 1.165) is 31.9 Å². The van der Waals surface area contributed by atoms with E-state index >= 15 is 0 Å². The summed E-state index contributed by atoms with van der Waals surface area (Å²) < 4.78 is 26.4. The van der Waals surface area contributed by atoms with Crippen molar-refractivity contribution in [1.82, 2.24) is 19.5 Å². The largest absolute Gasteiger partial charge is 0.369 e. The number of aromatic nitrogens is 3. The van der Waals surface area contributed by atoms with Gasteiger partial charge in [0, 0.05) is 50.0 Å². The van der Waals surface area contributed by atoms with E-state index in [4.69, 9.17) is 0 Å². The number of anilines is 5. The van der Waals surface area contributed by atoms with E-state index in [1.54, 1.807) is 23.6 Å². The lowest BCUT2D eigenvalue weighted by Gasteiger charge is -2.34. The Morgan fingerprint density at radius 3 is 2.31 bits per heavy atom. The molecule has 2 aromatic heterocycles. The quantitative estimate of drug-likeness (QED) is 0.422. The molecule has 9 nitrogen and oxygen atoms in total. The normalized spacial score (nSPS) is 14.9. The van der Waals surface area contributed by atoms with Crippen LogP contribution in [0.25, 0.3) is 5.65 Å². The van der Waals surface area contributed by atoms with E-state index < -0.39 is 9.84 Å². The predicted molar refractivity (Wildman–Crippen MR) is 140 cm³/mol. The third-order valence-electron chi connectivity index (χ3n) is 6.21. The van der Waals surface area contributed by atoms with Gasteiger partial charge in [-0.05, 0) is 62.0 Å². The molecule has 35 heavy (non-hydrogen) atoms. The highest BCUT2D eigenvalue weighted by molar-refractivity contribution is 7.91. The molecule has 1 saturated heterocycles. The SMILES string of the molecule is Cc1cccc(Nc2cccn3nc(Nc4ccc(N5CCN(C)CC5)cc4)nc23)c1S(C)(=O)=O. The van der Waals surface area contributed by atoms with E-state index in [0.29, 0.717) is 28.5 Å². The molecule has 2 aromatic carbocycles. The van der Waals surface area contributed by atoms with Crippen molar-refractivity contribution in [3.8, 4) is 0 Å². The fourth-order valence-electron chi connectivity index (χ4n) is 4.39. The van der Waals surface area contributed by atoms with Crippen molar-refractivity contribution in [2.24, 2.45) is 0 Å². The van der Waals surface area contributed by atoms with Crippen molar-refractivity contribution in [2.75, 3.05) is 55.0 Å². The average molecular weight is 492 g/mol. The number of hydrogen-bond donors (Lipinski definition) is 2. The van der Waals surface area contributed by atoms with Crippen LogP contribution in [0.4, 0.5) is 28.7 Å². The van der Waals surface area contributed by atoms with Crippen LogP contribution in [0.2, 0.25) is 0 Å². The molecule has 0 atom stereocenters. The fourth-order valence-corrected chi connectivity index (χ4v) is 5.57. The van der Waals surface area contributed by atoms with Crippen molar-refractivity contribution < 1.29 is 8.42 Å². The Labute approximate surface area is 205 Å². The highest BCUT2D eigenvalue weighted by Gasteiger charge is 2.18. The Morgan fingerprint density at radius 2 is 1.60 bits per heavy atom. The minimum atomic E-state index is -3.41. The zero-order valence-corrected chi connectivity index (χ0v) is 20.9. The number of hydrogen-bond acceptors (Lipinski definition) is 8. The molecule has 1 aliphatic rings. The smallest absolute Gasteiger partial charge is 0.247 e. The molecule has 4 aromatic rings. The summed E-state index contributed by atoms with van der Waals surface area (Å²) in [6.07, 6.45) is 3.03. The van der Waals surface area contributed by atoms with Gasteiger partial charge in [-0.15, -0.1) is 5.10 Å². The van der Waals surface area contributed by atoms with Gasteiger partial charge in [-0.1, -0.05) is 12.1 Å². The number of likely N-dealkylation sites (N-methyl/N-ethyl adjacent to an activating group) is 1. The maximum Gasteiger partial charge on any atom is 0.247 e. The summed E-state index contributed by atoms with van der Waals surface area (Å²) in [5.41, 5.74) is 4.55. The van der Waals surface area contributed by atoms with Crippen molar-refractivity contribution in [3.05, 3.63) is 66.4 Å². The average Bonchev–Trinajstić information content (AvgIpc) is 3.23. The Bertz CT molecular complexity index is 1460. The first-order valence-corrected chi connectivity index (χ1v) is 13.4. The Morgan fingerprint density at radius 1 is 0.886 bits per heavy atom. The molecular formula is C25H29N7O2S. The lowest BCUT2D eigenvalue weighted by Crippen LogP contribution is -2.44. The molecule has 0 bridgehead atoms. The number of nitrogens with one attached hydrogen (secondary N) is 2. The molecule has 0 aliphatic carbocycles. The number of rotatable bonds is 6. The van der Waals surface area contributed by atoms with Gasteiger partial charge in [0.15, 0.2) is 15.5 Å². The van der Waals surface area contributed by atoms with Gasteiger partial charge in [0.05, 0.1) is 16.3 Å². The minimum absolute atomic E-state index is 0.278. The van der Waals surface area contributed by atoms with Gasteiger partial charge in [0.25, 0.3) is 0 Å². The van der Waals surface area contributed by atoms with Crippen molar-refractivity contribution in [2.45, 2.75) is 11.8 Å². The van der Waals surface area contributed by atoms with Crippen LogP contribution in [-0.4, -0.2) is 67.4 Å². The summed E-state index contributed by atoms with van der Waals surface area (Å²) >= 11 is 0. The number of pyridine rings is 1. The third kappa shape index (κ3) is 4.94. The van der Waals surface area contributed by atoms with Crippen LogP contribution in [0.3, 0.4) is 0 Å². The number of benzene rings is 2. The van der Waals surface area contributed by atoms with Gasteiger partial charge in [-0.3, -0.25) is 0 Å². The summed E-state index contributed by atoms with van der Waals surface area (Å²) in [7, 11) is -1.26. The second-order valence-corrected chi connectivity index (χ2v) is 10.9. The molecule has 10 heteroatoms. The van der Waals surface area contributed by atoms with E-state index in [-0.39, 0.29) is 4.90 Å². The predicted octanol–water partition coefficient (Wildman–Crippen LogP) is 3.68. The van der Waals surface area contributed by atoms with Crippen molar-refractivity contribution in [3.63, 3.8) is 0 Å². The van der Waals surface area contributed by atoms with Crippen LogP contribution in [0, 0.1) is 6.92 Å². The zero-order chi connectivity index (χ0) is 24.6. The van der Waals surface area contributed by atoms with Crippen LogP contribution in [0.5, 0.6) is 0 Å². The molecule has 1 aliphatic heterocycles. The van der Waals surface area contributed by atoms with Crippen LogP contribution in [-0.2, 0) is 9.84 Å². The monoisotopic (exact) mass is 491 g/mol. The van der Waals surface area contributed by atoms with Gasteiger partial charge < -0.3 is 20.4 Å². The molecule has 2 N–H and O–H groups in total. The highest BCUT2D eigenvalue weighted by atomic mass is 32.2. The summed E-state index contributed by atoms with van der Waals surface area (Å²) in [5.74, 6) is 0.458. The molecular weight excluding hydrogens is 462 g/mol. The molecule has 3 heterocycles. The standard InChI is InChI=1S/C25H29N7O2S/c1-18-6-4-7-21(23(18)35(3,33)34)27-22-8-5-13-32-24(22)28-25(29-32)26-19-9-11-20(12-10-19)31-16-14-30(2)15-17-31/h4-13,27H,14-17H2,1-3H3,(H,26,29). The Kier molecular flexibility index (Phi) is 6.08.